The van der Waals surface area contributed by atoms with E-state index >= 15 is 0 Å². The van der Waals surface area contributed by atoms with E-state index in [4.69, 9.17) is 10.5 Å². The van der Waals surface area contributed by atoms with Gasteiger partial charge in [-0.1, -0.05) is 44.2 Å². The van der Waals surface area contributed by atoms with Gasteiger partial charge in [-0.15, -0.1) is 0 Å². The summed E-state index contributed by atoms with van der Waals surface area (Å²) in [5.41, 5.74) is 6.48. The minimum Gasteiger partial charge on any atom is -0.459 e. The van der Waals surface area contributed by atoms with Crippen LogP contribution in [-0.2, 0) is 30.4 Å². The molecule has 0 heterocycles. The standard InChI is InChI=1S/C17H24N2O6/c1-11(2)14(16(21)24-9-12-7-5-4-6-8-12)19-15(20)13(18)10-25-17(22)23-3/h4-8,11,13-14H,9-10,18H2,1-3H3,(H,19,20)/t13?,14-/m0/s1. The second-order valence-electron chi connectivity index (χ2n) is 5.70. The molecule has 1 rings (SSSR count). The average Bonchev–Trinajstić information content (AvgIpc) is 2.62. The van der Waals surface area contributed by atoms with Gasteiger partial charge in [-0.05, 0) is 11.5 Å². The van der Waals surface area contributed by atoms with E-state index in [1.54, 1.807) is 13.8 Å². The second-order valence-corrected chi connectivity index (χ2v) is 5.70. The van der Waals surface area contributed by atoms with E-state index in [1.807, 2.05) is 30.3 Å². The third kappa shape index (κ3) is 7.21. The minimum atomic E-state index is -1.12. The molecule has 0 aliphatic rings. The van der Waals surface area contributed by atoms with Gasteiger partial charge in [-0.25, -0.2) is 9.59 Å². The molecule has 0 radical (unpaired) electrons. The average molecular weight is 352 g/mol. The predicted molar refractivity (Wildman–Crippen MR) is 89.3 cm³/mol. The van der Waals surface area contributed by atoms with Crippen molar-refractivity contribution in [3.05, 3.63) is 35.9 Å². The lowest BCUT2D eigenvalue weighted by Crippen LogP contribution is -2.52. The third-order valence-electron chi connectivity index (χ3n) is 3.33. The molecule has 3 N–H and O–H groups in total. The fourth-order valence-electron chi connectivity index (χ4n) is 1.87. The SMILES string of the molecule is COC(=O)OCC(N)C(=O)N[C@H](C(=O)OCc1ccccc1)C(C)C. The highest BCUT2D eigenvalue weighted by molar-refractivity contribution is 5.87. The summed E-state index contributed by atoms with van der Waals surface area (Å²) in [6, 6.07) is 7.21. The van der Waals surface area contributed by atoms with Gasteiger partial charge in [0.1, 0.15) is 25.3 Å². The molecular weight excluding hydrogens is 328 g/mol. The zero-order valence-electron chi connectivity index (χ0n) is 14.6. The normalized spacial score (nSPS) is 12.8. The van der Waals surface area contributed by atoms with Crippen molar-refractivity contribution in [3.63, 3.8) is 0 Å². The van der Waals surface area contributed by atoms with E-state index in [0.717, 1.165) is 12.7 Å². The van der Waals surface area contributed by atoms with E-state index in [0.29, 0.717) is 0 Å². The number of carbonyl (C=O) groups excluding carboxylic acids is 3. The highest BCUT2D eigenvalue weighted by atomic mass is 16.7. The van der Waals surface area contributed by atoms with Gasteiger partial charge in [-0.3, -0.25) is 4.79 Å². The zero-order chi connectivity index (χ0) is 18.8. The van der Waals surface area contributed by atoms with Gasteiger partial charge in [0.15, 0.2) is 0 Å². The van der Waals surface area contributed by atoms with Gasteiger partial charge in [-0.2, -0.15) is 0 Å². The van der Waals surface area contributed by atoms with Crippen molar-refractivity contribution in [1.29, 1.82) is 0 Å². The van der Waals surface area contributed by atoms with Crippen LogP contribution in [0.5, 0.6) is 0 Å². The molecule has 8 nitrogen and oxygen atoms in total. The quantitative estimate of drug-likeness (QED) is 0.670. The van der Waals surface area contributed by atoms with Crippen molar-refractivity contribution in [2.24, 2.45) is 11.7 Å². The summed E-state index contributed by atoms with van der Waals surface area (Å²) < 4.78 is 14.2. The monoisotopic (exact) mass is 352 g/mol. The van der Waals surface area contributed by atoms with Crippen LogP contribution in [0.1, 0.15) is 19.4 Å². The second kappa shape index (κ2) is 10.3. The molecule has 0 aromatic heterocycles. The Morgan fingerprint density at radius 2 is 1.76 bits per heavy atom. The van der Waals surface area contributed by atoms with Gasteiger partial charge < -0.3 is 25.3 Å². The molecule has 138 valence electrons. The van der Waals surface area contributed by atoms with Crippen LogP contribution in [-0.4, -0.2) is 43.8 Å². The Morgan fingerprint density at radius 1 is 1.12 bits per heavy atom. The molecule has 1 aromatic carbocycles. The Bertz CT molecular complexity index is 576. The van der Waals surface area contributed by atoms with Crippen LogP contribution in [0.4, 0.5) is 4.79 Å². The fourth-order valence-corrected chi connectivity index (χ4v) is 1.87. The van der Waals surface area contributed by atoms with Crippen LogP contribution < -0.4 is 11.1 Å². The van der Waals surface area contributed by atoms with Crippen molar-refractivity contribution < 1.29 is 28.6 Å². The number of esters is 1. The molecule has 0 aliphatic carbocycles. The molecule has 0 saturated heterocycles. The molecule has 25 heavy (non-hydrogen) atoms. The highest BCUT2D eigenvalue weighted by Gasteiger charge is 2.28. The first-order chi connectivity index (χ1) is 11.8. The van der Waals surface area contributed by atoms with Crippen molar-refractivity contribution in [3.8, 4) is 0 Å². The largest absolute Gasteiger partial charge is 0.508 e. The van der Waals surface area contributed by atoms with E-state index in [1.165, 1.54) is 0 Å². The van der Waals surface area contributed by atoms with Crippen molar-refractivity contribution >= 4 is 18.0 Å². The van der Waals surface area contributed by atoms with Crippen molar-refractivity contribution in [2.45, 2.75) is 32.5 Å². The maximum atomic E-state index is 12.2. The number of hydrogen-bond acceptors (Lipinski definition) is 7. The maximum absolute atomic E-state index is 12.2. The first-order valence-corrected chi connectivity index (χ1v) is 7.82. The molecule has 0 saturated carbocycles. The Kier molecular flexibility index (Phi) is 8.42. The number of nitrogens with two attached hydrogens (primary N) is 1. The summed E-state index contributed by atoms with van der Waals surface area (Å²) in [5.74, 6) is -1.39. The van der Waals surface area contributed by atoms with Crippen LogP contribution in [0.3, 0.4) is 0 Å². The molecule has 1 unspecified atom stereocenters. The van der Waals surface area contributed by atoms with Gasteiger partial charge in [0.05, 0.1) is 7.11 Å². The first-order valence-electron chi connectivity index (χ1n) is 7.82. The molecule has 2 atom stereocenters. The summed E-state index contributed by atoms with van der Waals surface area (Å²) in [5, 5.41) is 2.52. The molecule has 8 heteroatoms. The summed E-state index contributed by atoms with van der Waals surface area (Å²) in [6.45, 7) is 3.29. The zero-order valence-corrected chi connectivity index (χ0v) is 14.6. The Balaban J connectivity index is 2.55. The number of nitrogens with one attached hydrogen (secondary N) is 1. The number of benzene rings is 1. The molecule has 1 amide bonds. The molecule has 0 fully saturated rings. The summed E-state index contributed by atoms with van der Waals surface area (Å²) >= 11 is 0. The number of hydrogen-bond donors (Lipinski definition) is 2. The summed E-state index contributed by atoms with van der Waals surface area (Å²) in [4.78, 5) is 35.2. The Morgan fingerprint density at radius 3 is 2.32 bits per heavy atom. The highest BCUT2D eigenvalue weighted by Crippen LogP contribution is 2.07. The lowest BCUT2D eigenvalue weighted by atomic mass is 10.0. The smallest absolute Gasteiger partial charge is 0.459 e. The van der Waals surface area contributed by atoms with E-state index < -0.39 is 30.1 Å². The van der Waals surface area contributed by atoms with E-state index in [-0.39, 0.29) is 19.1 Å². The molecule has 0 bridgehead atoms. The van der Waals surface area contributed by atoms with Crippen LogP contribution in [0.2, 0.25) is 0 Å². The minimum absolute atomic E-state index is 0.107. The predicted octanol–water partition coefficient (Wildman–Crippen LogP) is 0.981. The lowest BCUT2D eigenvalue weighted by molar-refractivity contribution is -0.150. The molecule has 0 spiro atoms. The number of rotatable bonds is 8. The Labute approximate surface area is 146 Å². The van der Waals surface area contributed by atoms with Crippen LogP contribution >= 0.6 is 0 Å². The van der Waals surface area contributed by atoms with Crippen molar-refractivity contribution in [1.82, 2.24) is 5.32 Å². The van der Waals surface area contributed by atoms with E-state index in [9.17, 15) is 14.4 Å². The number of ether oxygens (including phenoxy) is 3. The third-order valence-corrected chi connectivity index (χ3v) is 3.33. The number of amides is 1. The van der Waals surface area contributed by atoms with Crippen LogP contribution in [0.15, 0.2) is 30.3 Å². The number of carbonyl (C=O) groups is 3. The Hall–Kier alpha value is -2.61. The molecule has 1 aromatic rings. The first kappa shape index (κ1) is 20.4. The fraction of sp³-hybridized carbons (Fsp3) is 0.471. The van der Waals surface area contributed by atoms with Gasteiger partial charge in [0, 0.05) is 0 Å². The molecule has 0 aliphatic heterocycles. The van der Waals surface area contributed by atoms with Crippen molar-refractivity contribution in [2.75, 3.05) is 13.7 Å². The maximum Gasteiger partial charge on any atom is 0.508 e. The summed E-state index contributed by atoms with van der Waals surface area (Å²) in [7, 11) is 1.14. The number of methoxy groups -OCH3 is 1. The lowest BCUT2D eigenvalue weighted by Gasteiger charge is -2.22. The topological polar surface area (TPSA) is 117 Å². The van der Waals surface area contributed by atoms with E-state index in [2.05, 4.69) is 14.8 Å². The van der Waals surface area contributed by atoms with Crippen LogP contribution in [0, 0.1) is 5.92 Å². The van der Waals surface area contributed by atoms with Gasteiger partial charge in [0.2, 0.25) is 5.91 Å². The summed E-state index contributed by atoms with van der Waals surface area (Å²) in [6.07, 6.45) is -0.939. The van der Waals surface area contributed by atoms with Gasteiger partial charge in [0.25, 0.3) is 0 Å². The van der Waals surface area contributed by atoms with Gasteiger partial charge >= 0.3 is 12.1 Å². The molecular formula is C17H24N2O6. The van der Waals surface area contributed by atoms with Crippen LogP contribution in [0.25, 0.3) is 0 Å².